The highest BCUT2D eigenvalue weighted by atomic mass is 16.5. The highest BCUT2D eigenvalue weighted by Gasteiger charge is 2.23. The van der Waals surface area contributed by atoms with Crippen LogP contribution in [0.3, 0.4) is 0 Å². The molecule has 5 heteroatoms. The van der Waals surface area contributed by atoms with Crippen molar-refractivity contribution in [3.8, 4) is 5.75 Å². The Morgan fingerprint density at radius 1 is 1.12 bits per heavy atom. The van der Waals surface area contributed by atoms with E-state index >= 15 is 0 Å². The maximum atomic E-state index is 6.26. The summed E-state index contributed by atoms with van der Waals surface area (Å²) in [4.78, 5) is 5.03. The summed E-state index contributed by atoms with van der Waals surface area (Å²) in [5.74, 6) is 0.806. The molecule has 0 aromatic heterocycles. The first-order valence-corrected chi connectivity index (χ1v) is 9.19. The third-order valence-corrected chi connectivity index (χ3v) is 4.82. The van der Waals surface area contributed by atoms with E-state index in [0.29, 0.717) is 13.2 Å². The van der Waals surface area contributed by atoms with Crippen molar-refractivity contribution in [1.29, 1.82) is 0 Å². The van der Waals surface area contributed by atoms with E-state index in [0.717, 1.165) is 49.3 Å². The van der Waals surface area contributed by atoms with Crippen LogP contribution in [0.1, 0.15) is 33.1 Å². The lowest BCUT2D eigenvalue weighted by molar-refractivity contribution is 0.146. The summed E-state index contributed by atoms with van der Waals surface area (Å²) >= 11 is 0. The Morgan fingerprint density at radius 2 is 1.88 bits per heavy atom. The fraction of sp³-hybridized carbons (Fsp3) is 0.684. The number of hydrogen-bond acceptors (Lipinski definition) is 5. The molecule has 136 valence electrons. The van der Waals surface area contributed by atoms with E-state index in [2.05, 4.69) is 29.7 Å². The van der Waals surface area contributed by atoms with Gasteiger partial charge in [-0.15, -0.1) is 0 Å². The van der Waals surface area contributed by atoms with Crippen LogP contribution in [0.15, 0.2) is 18.2 Å². The summed E-state index contributed by atoms with van der Waals surface area (Å²) in [6, 6.07) is 6.73. The van der Waals surface area contributed by atoms with E-state index < -0.39 is 0 Å². The zero-order valence-corrected chi connectivity index (χ0v) is 15.5. The first-order valence-electron chi connectivity index (χ1n) is 9.19. The van der Waals surface area contributed by atoms with Crippen molar-refractivity contribution in [3.05, 3.63) is 18.2 Å². The molecule has 1 atom stereocenters. The normalized spacial score (nSPS) is 17.0. The average molecular weight is 335 g/mol. The molecule has 0 aliphatic carbocycles. The predicted molar refractivity (Wildman–Crippen MR) is 101 cm³/mol. The molecule has 1 aliphatic heterocycles. The molecular weight excluding hydrogens is 302 g/mol. The molecule has 1 unspecified atom stereocenters. The van der Waals surface area contributed by atoms with Crippen molar-refractivity contribution in [2.45, 2.75) is 39.2 Å². The fourth-order valence-corrected chi connectivity index (χ4v) is 3.46. The molecule has 0 radical (unpaired) electrons. The van der Waals surface area contributed by atoms with Crippen LogP contribution in [0, 0.1) is 0 Å². The van der Waals surface area contributed by atoms with Crippen LogP contribution in [0.5, 0.6) is 5.75 Å². The Hall–Kier alpha value is -1.46. The molecular formula is C19H33N3O2. The highest BCUT2D eigenvalue weighted by molar-refractivity contribution is 5.69. The number of anilines is 2. The third-order valence-electron chi connectivity index (χ3n) is 4.82. The molecule has 1 aromatic carbocycles. The second-order valence-corrected chi connectivity index (χ2v) is 6.44. The summed E-state index contributed by atoms with van der Waals surface area (Å²) in [5, 5.41) is 0. The van der Waals surface area contributed by atoms with Crippen molar-refractivity contribution < 1.29 is 9.47 Å². The van der Waals surface area contributed by atoms with Crippen LogP contribution in [0.4, 0.5) is 11.4 Å². The van der Waals surface area contributed by atoms with Gasteiger partial charge in [0.05, 0.1) is 18.0 Å². The quantitative estimate of drug-likeness (QED) is 0.555. The van der Waals surface area contributed by atoms with E-state index in [-0.39, 0.29) is 0 Å². The number of methoxy groups -OCH3 is 1. The predicted octanol–water partition coefficient (Wildman–Crippen LogP) is 2.99. The van der Waals surface area contributed by atoms with E-state index in [4.69, 9.17) is 15.2 Å². The van der Waals surface area contributed by atoms with Crippen LogP contribution in [0.25, 0.3) is 0 Å². The van der Waals surface area contributed by atoms with Crippen LogP contribution < -0.4 is 15.4 Å². The van der Waals surface area contributed by atoms with Gasteiger partial charge in [0.25, 0.3) is 0 Å². The maximum absolute atomic E-state index is 6.26. The topological polar surface area (TPSA) is 51.0 Å². The van der Waals surface area contributed by atoms with Crippen molar-refractivity contribution >= 4 is 11.4 Å². The number of piperazine rings is 1. The fourth-order valence-electron chi connectivity index (χ4n) is 3.46. The molecule has 5 nitrogen and oxygen atoms in total. The summed E-state index contributed by atoms with van der Waals surface area (Å²) in [6.07, 6.45) is 3.80. The Balaban J connectivity index is 1.91. The van der Waals surface area contributed by atoms with Crippen molar-refractivity contribution in [2.24, 2.45) is 0 Å². The van der Waals surface area contributed by atoms with Crippen LogP contribution >= 0.6 is 0 Å². The van der Waals surface area contributed by atoms with Gasteiger partial charge >= 0.3 is 0 Å². The summed E-state index contributed by atoms with van der Waals surface area (Å²) < 4.78 is 10.6. The average Bonchev–Trinajstić information content (AvgIpc) is 2.60. The minimum Gasteiger partial charge on any atom is -0.491 e. The van der Waals surface area contributed by atoms with E-state index in [1.807, 2.05) is 12.1 Å². The Labute approximate surface area is 146 Å². The molecule has 2 N–H and O–H groups in total. The highest BCUT2D eigenvalue weighted by Crippen LogP contribution is 2.29. The first-order chi connectivity index (χ1) is 11.7. The standard InChI is InChI=1S/C19H33N3O2/c1-4-6-16(5-2)21-9-11-22(12-10-21)19-8-7-17(15-18(19)20)24-14-13-23-3/h7-8,15-16H,4-6,9-14,20H2,1-3H3. The lowest BCUT2D eigenvalue weighted by Crippen LogP contribution is -2.50. The summed E-state index contributed by atoms with van der Waals surface area (Å²) in [7, 11) is 1.67. The zero-order chi connectivity index (χ0) is 17.4. The van der Waals surface area contributed by atoms with Gasteiger partial charge in [0.2, 0.25) is 0 Å². The third kappa shape index (κ3) is 5.02. The minimum absolute atomic E-state index is 0.545. The largest absolute Gasteiger partial charge is 0.491 e. The molecule has 2 rings (SSSR count). The lowest BCUT2D eigenvalue weighted by atomic mass is 10.1. The zero-order valence-electron chi connectivity index (χ0n) is 15.5. The maximum Gasteiger partial charge on any atom is 0.121 e. The van der Waals surface area contributed by atoms with Gasteiger partial charge in [-0.3, -0.25) is 4.90 Å². The van der Waals surface area contributed by atoms with E-state index in [1.54, 1.807) is 7.11 Å². The van der Waals surface area contributed by atoms with Crippen LogP contribution in [-0.2, 0) is 4.74 Å². The van der Waals surface area contributed by atoms with Crippen LogP contribution in [0.2, 0.25) is 0 Å². The van der Waals surface area contributed by atoms with Gasteiger partial charge in [-0.05, 0) is 25.0 Å². The van der Waals surface area contributed by atoms with Gasteiger partial charge < -0.3 is 20.1 Å². The molecule has 0 amide bonds. The SMILES string of the molecule is CCCC(CC)N1CCN(c2ccc(OCCOC)cc2N)CC1. The summed E-state index contributed by atoms with van der Waals surface area (Å²) in [5.41, 5.74) is 8.17. The summed E-state index contributed by atoms with van der Waals surface area (Å²) in [6.45, 7) is 10.0. The molecule has 1 aromatic rings. The molecule has 0 spiro atoms. The molecule has 1 saturated heterocycles. The number of ether oxygens (including phenoxy) is 2. The number of benzene rings is 1. The number of nitrogens with two attached hydrogens (primary N) is 1. The van der Waals surface area contributed by atoms with Gasteiger partial charge in [-0.2, -0.15) is 0 Å². The number of rotatable bonds is 9. The van der Waals surface area contributed by atoms with Crippen molar-refractivity contribution in [1.82, 2.24) is 4.90 Å². The Kier molecular flexibility index (Phi) is 7.66. The van der Waals surface area contributed by atoms with Crippen molar-refractivity contribution in [2.75, 3.05) is 57.1 Å². The molecule has 1 fully saturated rings. The molecule has 1 aliphatic rings. The smallest absolute Gasteiger partial charge is 0.121 e. The van der Waals surface area contributed by atoms with E-state index in [9.17, 15) is 0 Å². The Morgan fingerprint density at radius 3 is 2.46 bits per heavy atom. The van der Waals surface area contributed by atoms with Crippen molar-refractivity contribution in [3.63, 3.8) is 0 Å². The molecule has 1 heterocycles. The number of nitrogens with zero attached hydrogens (tertiary/aromatic N) is 2. The van der Waals surface area contributed by atoms with Gasteiger partial charge in [0.1, 0.15) is 12.4 Å². The number of nitrogen functional groups attached to an aromatic ring is 1. The number of hydrogen-bond donors (Lipinski definition) is 1. The second-order valence-electron chi connectivity index (χ2n) is 6.44. The monoisotopic (exact) mass is 335 g/mol. The lowest BCUT2D eigenvalue weighted by Gasteiger charge is -2.40. The second kappa shape index (κ2) is 9.74. The van der Waals surface area contributed by atoms with Gasteiger partial charge in [0.15, 0.2) is 0 Å². The minimum atomic E-state index is 0.545. The molecule has 0 bridgehead atoms. The van der Waals surface area contributed by atoms with Gasteiger partial charge in [-0.25, -0.2) is 0 Å². The van der Waals surface area contributed by atoms with Crippen LogP contribution in [-0.4, -0.2) is 57.4 Å². The first kappa shape index (κ1) is 18.9. The molecule has 24 heavy (non-hydrogen) atoms. The van der Waals surface area contributed by atoms with Gasteiger partial charge in [0, 0.05) is 45.4 Å². The van der Waals surface area contributed by atoms with E-state index in [1.165, 1.54) is 19.3 Å². The Bertz CT molecular complexity index is 488. The molecule has 0 saturated carbocycles. The van der Waals surface area contributed by atoms with Gasteiger partial charge in [-0.1, -0.05) is 20.3 Å².